The van der Waals surface area contributed by atoms with Gasteiger partial charge in [0, 0.05) is 29.4 Å². The Labute approximate surface area is 119 Å². The summed E-state index contributed by atoms with van der Waals surface area (Å²) in [5.41, 5.74) is 0. The highest BCUT2D eigenvalue weighted by atomic mass is 32.2. The van der Waals surface area contributed by atoms with Crippen LogP contribution < -0.4 is 10.0 Å². The first-order valence-corrected chi connectivity index (χ1v) is 8.80. The van der Waals surface area contributed by atoms with E-state index in [0.29, 0.717) is 11.4 Å². The number of hydrogen-bond acceptors (Lipinski definition) is 5. The Morgan fingerprint density at radius 2 is 2.32 bits per heavy atom. The van der Waals surface area contributed by atoms with Crippen LogP contribution in [0.1, 0.15) is 17.7 Å². The first-order chi connectivity index (χ1) is 9.01. The predicted octanol–water partition coefficient (Wildman–Crippen LogP) is 0.840. The number of sulfonamides is 1. The van der Waals surface area contributed by atoms with Crippen molar-refractivity contribution in [3.63, 3.8) is 0 Å². The van der Waals surface area contributed by atoms with Crippen LogP contribution >= 0.6 is 11.3 Å². The predicted molar refractivity (Wildman–Crippen MR) is 77.9 cm³/mol. The van der Waals surface area contributed by atoms with Gasteiger partial charge in [0.05, 0.1) is 4.90 Å². The van der Waals surface area contributed by atoms with Crippen molar-refractivity contribution in [3.8, 4) is 0 Å². The van der Waals surface area contributed by atoms with Crippen LogP contribution in [0.15, 0.2) is 16.3 Å². The minimum absolute atomic E-state index is 0.0244. The van der Waals surface area contributed by atoms with E-state index in [4.69, 9.17) is 0 Å². The third-order valence-corrected chi connectivity index (χ3v) is 5.82. The third-order valence-electron chi connectivity index (χ3n) is 3.24. The monoisotopic (exact) mass is 303 g/mol. The van der Waals surface area contributed by atoms with Crippen molar-refractivity contribution in [2.24, 2.45) is 0 Å². The van der Waals surface area contributed by atoms with Crippen molar-refractivity contribution in [2.75, 3.05) is 27.2 Å². The second kappa shape index (κ2) is 6.32. The van der Waals surface area contributed by atoms with Crippen molar-refractivity contribution in [2.45, 2.75) is 30.3 Å². The number of thiophene rings is 1. The van der Waals surface area contributed by atoms with Crippen LogP contribution in [0.2, 0.25) is 0 Å². The van der Waals surface area contributed by atoms with Gasteiger partial charge in [0.1, 0.15) is 0 Å². The molecule has 5 nitrogen and oxygen atoms in total. The standard InChI is InChI=1S/C12H21N3O2S2/c1-13-7-11-6-12(9-18-11)19(16,17)14-10-4-3-5-15(2)8-10/h6,9-10,13-14H,3-5,7-8H2,1-2H3. The van der Waals surface area contributed by atoms with Crippen molar-refractivity contribution >= 4 is 21.4 Å². The van der Waals surface area contributed by atoms with E-state index >= 15 is 0 Å². The lowest BCUT2D eigenvalue weighted by Crippen LogP contribution is -2.46. The van der Waals surface area contributed by atoms with E-state index in [1.165, 1.54) is 11.3 Å². The molecule has 108 valence electrons. The maximum Gasteiger partial charge on any atom is 0.241 e. The minimum atomic E-state index is -3.37. The van der Waals surface area contributed by atoms with E-state index < -0.39 is 10.0 Å². The maximum atomic E-state index is 12.3. The molecule has 0 spiro atoms. The summed E-state index contributed by atoms with van der Waals surface area (Å²) in [5.74, 6) is 0. The molecule has 0 aromatic carbocycles. The molecule has 1 aliphatic heterocycles. The van der Waals surface area contributed by atoms with E-state index in [-0.39, 0.29) is 6.04 Å². The number of likely N-dealkylation sites (tertiary alicyclic amines) is 1. The Morgan fingerprint density at radius 1 is 1.53 bits per heavy atom. The first-order valence-electron chi connectivity index (χ1n) is 6.44. The normalized spacial score (nSPS) is 21.7. The molecule has 2 rings (SSSR count). The van der Waals surface area contributed by atoms with Gasteiger partial charge < -0.3 is 10.2 Å². The fourth-order valence-electron chi connectivity index (χ4n) is 2.32. The molecule has 0 saturated carbocycles. The second-order valence-corrected chi connectivity index (χ2v) is 7.71. The van der Waals surface area contributed by atoms with Gasteiger partial charge in [-0.25, -0.2) is 13.1 Å². The topological polar surface area (TPSA) is 61.4 Å². The second-order valence-electron chi connectivity index (χ2n) is 5.00. The number of piperidine rings is 1. The Kier molecular flexibility index (Phi) is 4.97. The lowest BCUT2D eigenvalue weighted by Gasteiger charge is -2.29. The fourth-order valence-corrected chi connectivity index (χ4v) is 4.87. The van der Waals surface area contributed by atoms with Crippen molar-refractivity contribution < 1.29 is 8.42 Å². The first kappa shape index (κ1) is 14.9. The average Bonchev–Trinajstić information content (AvgIpc) is 2.78. The van der Waals surface area contributed by atoms with Crippen LogP contribution in [-0.4, -0.2) is 46.5 Å². The van der Waals surface area contributed by atoms with Gasteiger partial charge in [0.25, 0.3) is 0 Å². The summed E-state index contributed by atoms with van der Waals surface area (Å²) in [4.78, 5) is 3.58. The molecule has 7 heteroatoms. The van der Waals surface area contributed by atoms with Crippen molar-refractivity contribution in [1.82, 2.24) is 14.9 Å². The molecular weight excluding hydrogens is 282 g/mol. The average molecular weight is 303 g/mol. The zero-order valence-electron chi connectivity index (χ0n) is 11.3. The highest BCUT2D eigenvalue weighted by molar-refractivity contribution is 7.89. The Morgan fingerprint density at radius 3 is 3.00 bits per heavy atom. The SMILES string of the molecule is CNCc1cc(S(=O)(=O)NC2CCCN(C)C2)cs1. The molecule has 0 radical (unpaired) electrons. The Bertz CT molecular complexity index is 513. The van der Waals surface area contributed by atoms with Gasteiger partial charge in [-0.15, -0.1) is 11.3 Å². The molecule has 1 atom stereocenters. The van der Waals surface area contributed by atoms with Crippen molar-refractivity contribution in [1.29, 1.82) is 0 Å². The number of nitrogens with zero attached hydrogens (tertiary/aromatic N) is 1. The molecule has 1 saturated heterocycles. The van der Waals surface area contributed by atoms with Crippen LogP contribution in [0.4, 0.5) is 0 Å². The molecule has 1 unspecified atom stereocenters. The van der Waals surface area contributed by atoms with Gasteiger partial charge in [0.2, 0.25) is 10.0 Å². The number of likely N-dealkylation sites (N-methyl/N-ethyl adjacent to an activating group) is 1. The summed E-state index contributed by atoms with van der Waals surface area (Å²) in [5, 5.41) is 4.73. The number of rotatable bonds is 5. The third kappa shape index (κ3) is 4.00. The molecule has 0 bridgehead atoms. The van der Waals surface area contributed by atoms with Gasteiger partial charge in [-0.05, 0) is 39.5 Å². The van der Waals surface area contributed by atoms with Gasteiger partial charge >= 0.3 is 0 Å². The van der Waals surface area contributed by atoms with E-state index in [1.54, 1.807) is 11.4 Å². The molecule has 2 N–H and O–H groups in total. The zero-order valence-corrected chi connectivity index (χ0v) is 13.0. The lowest BCUT2D eigenvalue weighted by atomic mass is 10.1. The summed E-state index contributed by atoms with van der Waals surface area (Å²) >= 11 is 1.47. The molecule has 2 heterocycles. The quantitative estimate of drug-likeness (QED) is 0.846. The summed E-state index contributed by atoms with van der Waals surface area (Å²) < 4.78 is 27.4. The van der Waals surface area contributed by atoms with Crippen LogP contribution in [0.25, 0.3) is 0 Å². The van der Waals surface area contributed by atoms with Crippen LogP contribution in [-0.2, 0) is 16.6 Å². The van der Waals surface area contributed by atoms with Crippen LogP contribution in [0, 0.1) is 0 Å². The molecular formula is C12H21N3O2S2. The Hall–Kier alpha value is -0.470. The smallest absolute Gasteiger partial charge is 0.241 e. The molecule has 0 aliphatic carbocycles. The van der Waals surface area contributed by atoms with Gasteiger partial charge in [-0.1, -0.05) is 0 Å². The summed E-state index contributed by atoms with van der Waals surface area (Å²) in [7, 11) is 0.500. The molecule has 1 aliphatic rings. The molecule has 1 aromatic rings. The largest absolute Gasteiger partial charge is 0.315 e. The van der Waals surface area contributed by atoms with Gasteiger partial charge in [-0.2, -0.15) is 0 Å². The van der Waals surface area contributed by atoms with E-state index in [9.17, 15) is 8.42 Å². The van der Waals surface area contributed by atoms with E-state index in [0.717, 1.165) is 30.8 Å². The van der Waals surface area contributed by atoms with E-state index in [2.05, 4.69) is 14.9 Å². The van der Waals surface area contributed by atoms with Crippen LogP contribution in [0.3, 0.4) is 0 Å². The fraction of sp³-hybridized carbons (Fsp3) is 0.667. The molecule has 0 amide bonds. The van der Waals surface area contributed by atoms with Crippen LogP contribution in [0.5, 0.6) is 0 Å². The highest BCUT2D eigenvalue weighted by Gasteiger charge is 2.24. The molecule has 1 fully saturated rings. The summed E-state index contributed by atoms with van der Waals surface area (Å²) in [6.07, 6.45) is 1.95. The minimum Gasteiger partial charge on any atom is -0.315 e. The molecule has 1 aromatic heterocycles. The van der Waals surface area contributed by atoms with E-state index in [1.807, 2.05) is 14.1 Å². The van der Waals surface area contributed by atoms with Crippen molar-refractivity contribution in [3.05, 3.63) is 16.3 Å². The molecule has 19 heavy (non-hydrogen) atoms. The van der Waals surface area contributed by atoms with Gasteiger partial charge in [0.15, 0.2) is 0 Å². The number of hydrogen-bond donors (Lipinski definition) is 2. The summed E-state index contributed by atoms with van der Waals surface area (Å²) in [6.45, 7) is 2.53. The maximum absolute atomic E-state index is 12.3. The lowest BCUT2D eigenvalue weighted by molar-refractivity contribution is 0.242. The summed E-state index contributed by atoms with van der Waals surface area (Å²) in [6, 6.07) is 1.77. The highest BCUT2D eigenvalue weighted by Crippen LogP contribution is 2.20. The zero-order chi connectivity index (χ0) is 13.9. The van der Waals surface area contributed by atoms with Gasteiger partial charge in [-0.3, -0.25) is 0 Å². The number of nitrogens with one attached hydrogen (secondary N) is 2. The Balaban J connectivity index is 2.04.